The summed E-state index contributed by atoms with van der Waals surface area (Å²) in [4.78, 5) is 15.9. The summed E-state index contributed by atoms with van der Waals surface area (Å²) in [5, 5.41) is 5.91. The standard InChI is InChI=1S/C18H23N3O2/c1-18(2,3)23-17(22)21-15-9-10-16(20-13-15)19-12-11-14-7-5-4-6-8-14/h4-10,13H,11-12H2,1-3H3,(H,19,20)(H,21,22). The summed E-state index contributed by atoms with van der Waals surface area (Å²) in [5.41, 5.74) is 1.37. The lowest BCUT2D eigenvalue weighted by atomic mass is 10.1. The van der Waals surface area contributed by atoms with Gasteiger partial charge < -0.3 is 10.1 Å². The van der Waals surface area contributed by atoms with E-state index in [0.29, 0.717) is 5.69 Å². The van der Waals surface area contributed by atoms with Crippen molar-refractivity contribution in [1.29, 1.82) is 0 Å². The minimum atomic E-state index is -0.517. The third-order valence-electron chi connectivity index (χ3n) is 2.97. The predicted octanol–water partition coefficient (Wildman–Crippen LogP) is 4.08. The van der Waals surface area contributed by atoms with Crippen molar-refractivity contribution in [3.05, 3.63) is 54.2 Å². The van der Waals surface area contributed by atoms with E-state index in [2.05, 4.69) is 27.8 Å². The fourth-order valence-corrected chi connectivity index (χ4v) is 1.97. The lowest BCUT2D eigenvalue weighted by molar-refractivity contribution is 0.0636. The number of rotatable bonds is 5. The van der Waals surface area contributed by atoms with Crippen LogP contribution in [-0.4, -0.2) is 23.2 Å². The highest BCUT2D eigenvalue weighted by molar-refractivity contribution is 5.84. The first-order valence-corrected chi connectivity index (χ1v) is 7.66. The number of hydrogen-bond donors (Lipinski definition) is 2. The van der Waals surface area contributed by atoms with Gasteiger partial charge in [0, 0.05) is 6.54 Å². The zero-order valence-electron chi connectivity index (χ0n) is 13.8. The van der Waals surface area contributed by atoms with Gasteiger partial charge in [-0.3, -0.25) is 5.32 Å². The highest BCUT2D eigenvalue weighted by atomic mass is 16.6. The number of pyridine rings is 1. The zero-order valence-corrected chi connectivity index (χ0v) is 13.8. The molecule has 2 rings (SSSR count). The highest BCUT2D eigenvalue weighted by Gasteiger charge is 2.16. The van der Waals surface area contributed by atoms with E-state index in [1.54, 1.807) is 12.3 Å². The summed E-state index contributed by atoms with van der Waals surface area (Å²) in [6.45, 7) is 6.27. The molecular weight excluding hydrogens is 290 g/mol. The van der Waals surface area contributed by atoms with Gasteiger partial charge in [0.15, 0.2) is 0 Å². The monoisotopic (exact) mass is 313 g/mol. The molecule has 1 amide bonds. The number of nitrogens with zero attached hydrogens (tertiary/aromatic N) is 1. The molecule has 1 heterocycles. The SMILES string of the molecule is CC(C)(C)OC(=O)Nc1ccc(NCCc2ccccc2)nc1. The van der Waals surface area contributed by atoms with Gasteiger partial charge in [-0.25, -0.2) is 9.78 Å². The Labute approximate surface area is 137 Å². The van der Waals surface area contributed by atoms with Crippen LogP contribution in [-0.2, 0) is 11.2 Å². The summed E-state index contributed by atoms with van der Waals surface area (Å²) < 4.78 is 5.19. The van der Waals surface area contributed by atoms with Crippen LogP contribution in [0.15, 0.2) is 48.7 Å². The Morgan fingerprint density at radius 1 is 1.13 bits per heavy atom. The molecule has 23 heavy (non-hydrogen) atoms. The Balaban J connectivity index is 1.79. The topological polar surface area (TPSA) is 63.2 Å². The average Bonchev–Trinajstić information content (AvgIpc) is 2.48. The maximum absolute atomic E-state index is 11.7. The van der Waals surface area contributed by atoms with E-state index in [-0.39, 0.29) is 0 Å². The van der Waals surface area contributed by atoms with Crippen molar-refractivity contribution in [2.45, 2.75) is 32.8 Å². The van der Waals surface area contributed by atoms with Crippen LogP contribution >= 0.6 is 0 Å². The molecule has 0 aliphatic rings. The van der Waals surface area contributed by atoms with E-state index < -0.39 is 11.7 Å². The number of amides is 1. The van der Waals surface area contributed by atoms with Gasteiger partial charge in [-0.05, 0) is 44.9 Å². The molecule has 0 unspecified atom stereocenters. The van der Waals surface area contributed by atoms with Crippen LogP contribution in [0.1, 0.15) is 26.3 Å². The number of carbonyl (C=O) groups excluding carboxylic acids is 1. The third kappa shape index (κ3) is 6.38. The molecule has 122 valence electrons. The summed E-state index contributed by atoms with van der Waals surface area (Å²) in [7, 11) is 0. The first-order valence-electron chi connectivity index (χ1n) is 7.66. The van der Waals surface area contributed by atoms with Crippen molar-refractivity contribution in [2.24, 2.45) is 0 Å². The minimum Gasteiger partial charge on any atom is -0.444 e. The minimum absolute atomic E-state index is 0.482. The van der Waals surface area contributed by atoms with E-state index in [1.807, 2.05) is 45.0 Å². The second-order valence-corrected chi connectivity index (χ2v) is 6.22. The number of anilines is 2. The first-order chi connectivity index (χ1) is 10.9. The van der Waals surface area contributed by atoms with E-state index in [9.17, 15) is 4.79 Å². The molecule has 0 radical (unpaired) electrons. The Morgan fingerprint density at radius 3 is 2.48 bits per heavy atom. The fraction of sp³-hybridized carbons (Fsp3) is 0.333. The lowest BCUT2D eigenvalue weighted by Crippen LogP contribution is -2.27. The highest BCUT2D eigenvalue weighted by Crippen LogP contribution is 2.13. The first kappa shape index (κ1) is 16.8. The molecule has 2 N–H and O–H groups in total. The predicted molar refractivity (Wildman–Crippen MR) is 92.7 cm³/mol. The Kier molecular flexibility index (Phi) is 5.57. The van der Waals surface area contributed by atoms with E-state index in [4.69, 9.17) is 4.74 Å². The van der Waals surface area contributed by atoms with Crippen LogP contribution in [0.25, 0.3) is 0 Å². The van der Waals surface area contributed by atoms with Crippen LogP contribution in [0, 0.1) is 0 Å². The molecule has 0 aliphatic carbocycles. The van der Waals surface area contributed by atoms with Gasteiger partial charge in [-0.1, -0.05) is 30.3 Å². The van der Waals surface area contributed by atoms with Gasteiger partial charge in [-0.15, -0.1) is 0 Å². The Hall–Kier alpha value is -2.56. The number of nitrogens with one attached hydrogen (secondary N) is 2. The van der Waals surface area contributed by atoms with Crippen LogP contribution < -0.4 is 10.6 Å². The molecule has 1 aromatic carbocycles. The summed E-state index contributed by atoms with van der Waals surface area (Å²) >= 11 is 0. The molecule has 0 saturated carbocycles. The third-order valence-corrected chi connectivity index (χ3v) is 2.97. The molecule has 0 aliphatic heterocycles. The zero-order chi connectivity index (χ0) is 16.7. The van der Waals surface area contributed by atoms with Gasteiger partial charge in [0.25, 0.3) is 0 Å². The lowest BCUT2D eigenvalue weighted by Gasteiger charge is -2.19. The molecule has 0 spiro atoms. The molecule has 0 atom stereocenters. The number of ether oxygens (including phenoxy) is 1. The fourth-order valence-electron chi connectivity index (χ4n) is 1.97. The van der Waals surface area contributed by atoms with Crippen molar-refractivity contribution >= 4 is 17.6 Å². The largest absolute Gasteiger partial charge is 0.444 e. The van der Waals surface area contributed by atoms with Gasteiger partial charge in [0.2, 0.25) is 0 Å². The van der Waals surface area contributed by atoms with Crippen molar-refractivity contribution < 1.29 is 9.53 Å². The summed E-state index contributed by atoms with van der Waals surface area (Å²) in [5.74, 6) is 0.774. The maximum atomic E-state index is 11.7. The average molecular weight is 313 g/mol. The molecule has 5 nitrogen and oxygen atoms in total. The van der Waals surface area contributed by atoms with Crippen molar-refractivity contribution in [1.82, 2.24) is 4.98 Å². The van der Waals surface area contributed by atoms with Gasteiger partial charge in [0.05, 0.1) is 11.9 Å². The van der Waals surface area contributed by atoms with Crippen molar-refractivity contribution in [3.63, 3.8) is 0 Å². The van der Waals surface area contributed by atoms with E-state index in [1.165, 1.54) is 5.56 Å². The number of benzene rings is 1. The van der Waals surface area contributed by atoms with Crippen LogP contribution in [0.3, 0.4) is 0 Å². The van der Waals surface area contributed by atoms with Crippen molar-refractivity contribution in [2.75, 3.05) is 17.2 Å². The molecule has 2 aromatic rings. The Morgan fingerprint density at radius 2 is 1.87 bits per heavy atom. The molecular formula is C18H23N3O2. The van der Waals surface area contributed by atoms with Crippen molar-refractivity contribution in [3.8, 4) is 0 Å². The van der Waals surface area contributed by atoms with Crippen LogP contribution in [0.2, 0.25) is 0 Å². The van der Waals surface area contributed by atoms with Crippen LogP contribution in [0.4, 0.5) is 16.3 Å². The Bertz CT molecular complexity index is 619. The van der Waals surface area contributed by atoms with Gasteiger partial charge in [0.1, 0.15) is 11.4 Å². The van der Waals surface area contributed by atoms with E-state index >= 15 is 0 Å². The van der Waals surface area contributed by atoms with E-state index in [0.717, 1.165) is 18.8 Å². The second-order valence-electron chi connectivity index (χ2n) is 6.22. The molecule has 0 saturated heterocycles. The quantitative estimate of drug-likeness (QED) is 0.873. The van der Waals surface area contributed by atoms with Gasteiger partial charge >= 0.3 is 6.09 Å². The maximum Gasteiger partial charge on any atom is 0.412 e. The number of carbonyl (C=O) groups is 1. The normalized spacial score (nSPS) is 10.9. The molecule has 1 aromatic heterocycles. The molecule has 0 bridgehead atoms. The van der Waals surface area contributed by atoms with Crippen LogP contribution in [0.5, 0.6) is 0 Å². The smallest absolute Gasteiger partial charge is 0.412 e. The molecule has 0 fully saturated rings. The number of hydrogen-bond acceptors (Lipinski definition) is 4. The number of aromatic nitrogens is 1. The second kappa shape index (κ2) is 7.63. The summed E-state index contributed by atoms with van der Waals surface area (Å²) in [6, 6.07) is 13.9. The summed E-state index contributed by atoms with van der Waals surface area (Å²) in [6.07, 6.45) is 2.05. The van der Waals surface area contributed by atoms with Gasteiger partial charge in [-0.2, -0.15) is 0 Å². The molecule has 5 heteroatoms.